The Morgan fingerprint density at radius 3 is 2.69 bits per heavy atom. The van der Waals surface area contributed by atoms with Crippen LogP contribution in [0.15, 0.2) is 46.0 Å². The summed E-state index contributed by atoms with van der Waals surface area (Å²) in [5.74, 6) is 0. The van der Waals surface area contributed by atoms with Crippen LogP contribution in [0.2, 0.25) is 0 Å². The highest BCUT2D eigenvalue weighted by atomic mass is 32.2. The maximum atomic E-state index is 12.6. The molecule has 8 heteroatoms. The number of piperazine rings is 1. The van der Waals surface area contributed by atoms with E-state index in [4.69, 9.17) is 4.74 Å². The molecule has 158 valence electrons. The second-order valence-corrected chi connectivity index (χ2v) is 10.8. The number of thiophene rings is 1. The number of fused-ring (bicyclic) bond motifs is 1. The van der Waals surface area contributed by atoms with Crippen LogP contribution in [0.5, 0.6) is 0 Å². The Hall–Kier alpha value is -1.29. The average Bonchev–Trinajstić information content (AvgIpc) is 3.28. The molecule has 6 nitrogen and oxygen atoms in total. The highest BCUT2D eigenvalue weighted by Crippen LogP contribution is 2.32. The van der Waals surface area contributed by atoms with Crippen molar-refractivity contribution in [2.75, 3.05) is 39.3 Å². The van der Waals surface area contributed by atoms with Gasteiger partial charge in [0.05, 0.1) is 18.8 Å². The molecule has 0 saturated carbocycles. The summed E-state index contributed by atoms with van der Waals surface area (Å²) >= 11 is 1.25. The van der Waals surface area contributed by atoms with E-state index in [1.165, 1.54) is 26.8 Å². The van der Waals surface area contributed by atoms with Crippen LogP contribution in [-0.4, -0.2) is 68.2 Å². The molecule has 2 aliphatic rings. The Labute approximate surface area is 176 Å². The number of ether oxygens (including phenoxy) is 1. The molecule has 1 aliphatic heterocycles. The summed E-state index contributed by atoms with van der Waals surface area (Å²) in [6, 6.07) is 11.8. The molecule has 1 N–H and O–H groups in total. The smallest absolute Gasteiger partial charge is 0.252 e. The summed E-state index contributed by atoms with van der Waals surface area (Å²) < 4.78 is 33.2. The van der Waals surface area contributed by atoms with Crippen LogP contribution >= 0.6 is 11.3 Å². The number of nitrogens with zero attached hydrogens (tertiary/aromatic N) is 2. The summed E-state index contributed by atoms with van der Waals surface area (Å²) in [7, 11) is -3.39. The second kappa shape index (κ2) is 9.24. The topological polar surface area (TPSA) is 70.1 Å². The number of hydrogen-bond acceptors (Lipinski definition) is 6. The standard InChI is InChI=1S/C21H28N2O4S2/c24-18(16-27-20-8-3-6-17-5-1-2-7-19(17)20)15-22-10-12-23(13-11-22)29(25,26)21-9-4-14-28-21/h1-2,4-5,7,9,14,18,20,24H,3,6,8,10-13,15-16H2/t18-,20+/m0/s1. The minimum Gasteiger partial charge on any atom is -0.389 e. The molecular formula is C21H28N2O4S2. The molecule has 2 atom stereocenters. The minimum absolute atomic E-state index is 0.0578. The number of sulfonamides is 1. The third-order valence-electron chi connectivity index (χ3n) is 5.69. The van der Waals surface area contributed by atoms with E-state index >= 15 is 0 Å². The van der Waals surface area contributed by atoms with E-state index in [1.807, 2.05) is 6.07 Å². The molecule has 29 heavy (non-hydrogen) atoms. The van der Waals surface area contributed by atoms with Gasteiger partial charge in [-0.2, -0.15) is 4.31 Å². The summed E-state index contributed by atoms with van der Waals surface area (Å²) in [5, 5.41) is 12.2. The van der Waals surface area contributed by atoms with Gasteiger partial charge in [-0.1, -0.05) is 30.3 Å². The van der Waals surface area contributed by atoms with Gasteiger partial charge in [-0.15, -0.1) is 11.3 Å². The maximum absolute atomic E-state index is 12.6. The number of β-amino-alcohol motifs (C(OH)–C–C–N with tert-alkyl or cyclic N) is 1. The number of aliphatic hydroxyl groups is 1. The lowest BCUT2D eigenvalue weighted by atomic mass is 9.89. The molecule has 1 fully saturated rings. The number of hydrogen-bond donors (Lipinski definition) is 1. The highest BCUT2D eigenvalue weighted by molar-refractivity contribution is 7.91. The van der Waals surface area contributed by atoms with Crippen LogP contribution in [0.1, 0.15) is 30.1 Å². The van der Waals surface area contributed by atoms with Gasteiger partial charge in [-0.25, -0.2) is 8.42 Å². The maximum Gasteiger partial charge on any atom is 0.252 e. The third kappa shape index (κ3) is 4.90. The molecule has 1 saturated heterocycles. The van der Waals surface area contributed by atoms with E-state index in [0.29, 0.717) is 43.5 Å². The zero-order chi connectivity index (χ0) is 20.3. The van der Waals surface area contributed by atoms with Crippen molar-refractivity contribution >= 4 is 21.4 Å². The fourth-order valence-corrected chi connectivity index (χ4v) is 6.72. The van der Waals surface area contributed by atoms with Crippen molar-refractivity contribution in [2.24, 2.45) is 0 Å². The predicted molar refractivity (Wildman–Crippen MR) is 114 cm³/mol. The zero-order valence-electron chi connectivity index (χ0n) is 16.4. The molecule has 0 bridgehead atoms. The van der Waals surface area contributed by atoms with E-state index in [9.17, 15) is 13.5 Å². The van der Waals surface area contributed by atoms with Gasteiger partial charge in [0.1, 0.15) is 4.21 Å². The van der Waals surface area contributed by atoms with Crippen molar-refractivity contribution in [1.29, 1.82) is 0 Å². The first-order chi connectivity index (χ1) is 14.0. The predicted octanol–water partition coefficient (Wildman–Crippen LogP) is 2.51. The lowest BCUT2D eigenvalue weighted by Crippen LogP contribution is -2.50. The van der Waals surface area contributed by atoms with Gasteiger partial charge in [-0.3, -0.25) is 4.90 Å². The van der Waals surface area contributed by atoms with Crippen molar-refractivity contribution in [3.8, 4) is 0 Å². The summed E-state index contributed by atoms with van der Waals surface area (Å²) in [6.45, 7) is 2.93. The Morgan fingerprint density at radius 2 is 1.93 bits per heavy atom. The normalized spacial score (nSPS) is 22.3. The van der Waals surface area contributed by atoms with Gasteiger partial charge in [-0.05, 0) is 41.8 Å². The Morgan fingerprint density at radius 1 is 1.14 bits per heavy atom. The zero-order valence-corrected chi connectivity index (χ0v) is 18.1. The van der Waals surface area contributed by atoms with Crippen molar-refractivity contribution < 1.29 is 18.3 Å². The lowest BCUT2D eigenvalue weighted by Gasteiger charge is -2.35. The van der Waals surface area contributed by atoms with Crippen LogP contribution in [-0.2, 0) is 21.2 Å². The van der Waals surface area contributed by atoms with Crippen LogP contribution in [0.25, 0.3) is 0 Å². The number of benzene rings is 1. The Bertz CT molecular complexity index is 893. The third-order valence-corrected chi connectivity index (χ3v) is 8.97. The van der Waals surface area contributed by atoms with Crippen molar-refractivity contribution in [1.82, 2.24) is 9.21 Å². The first-order valence-corrected chi connectivity index (χ1v) is 12.5. The summed E-state index contributed by atoms with van der Waals surface area (Å²) in [4.78, 5) is 2.11. The van der Waals surface area contributed by atoms with Crippen LogP contribution < -0.4 is 0 Å². The molecule has 1 aliphatic carbocycles. The molecule has 2 aromatic rings. The molecule has 0 spiro atoms. The van der Waals surface area contributed by atoms with E-state index in [-0.39, 0.29) is 6.10 Å². The number of rotatable bonds is 7. The van der Waals surface area contributed by atoms with Crippen molar-refractivity contribution in [3.63, 3.8) is 0 Å². The van der Waals surface area contributed by atoms with Gasteiger partial charge in [0.2, 0.25) is 0 Å². The van der Waals surface area contributed by atoms with E-state index in [2.05, 4.69) is 23.1 Å². The monoisotopic (exact) mass is 436 g/mol. The van der Waals surface area contributed by atoms with Gasteiger partial charge in [0, 0.05) is 32.7 Å². The highest BCUT2D eigenvalue weighted by Gasteiger charge is 2.30. The SMILES string of the molecule is O=S(=O)(c1cccs1)N1CCN(C[C@H](O)CO[C@@H]2CCCc3ccccc32)CC1. The Balaban J connectivity index is 1.24. The first kappa shape index (κ1) is 21.0. The average molecular weight is 437 g/mol. The fourth-order valence-electron chi connectivity index (χ4n) is 4.15. The molecular weight excluding hydrogens is 408 g/mol. The summed E-state index contributed by atoms with van der Waals surface area (Å²) in [6.07, 6.45) is 2.67. The molecule has 2 heterocycles. The van der Waals surface area contributed by atoms with Gasteiger partial charge < -0.3 is 9.84 Å². The van der Waals surface area contributed by atoms with Crippen LogP contribution in [0.3, 0.4) is 0 Å². The second-order valence-electron chi connectivity index (χ2n) is 7.70. The number of aryl methyl sites for hydroxylation is 1. The number of aliphatic hydroxyl groups excluding tert-OH is 1. The fraction of sp³-hybridized carbons (Fsp3) is 0.524. The quantitative estimate of drug-likeness (QED) is 0.722. The molecule has 1 aromatic heterocycles. The molecule has 0 radical (unpaired) electrons. The van der Waals surface area contributed by atoms with Gasteiger partial charge >= 0.3 is 0 Å². The van der Waals surface area contributed by atoms with Crippen molar-refractivity contribution in [3.05, 3.63) is 52.9 Å². The van der Waals surface area contributed by atoms with Crippen LogP contribution in [0, 0.1) is 0 Å². The Kier molecular flexibility index (Phi) is 6.68. The largest absolute Gasteiger partial charge is 0.389 e. The molecule has 1 aromatic carbocycles. The minimum atomic E-state index is -3.39. The molecule has 4 rings (SSSR count). The van der Waals surface area contributed by atoms with Gasteiger partial charge in [0.15, 0.2) is 0 Å². The molecule has 0 unspecified atom stereocenters. The van der Waals surface area contributed by atoms with E-state index in [0.717, 1.165) is 19.3 Å². The van der Waals surface area contributed by atoms with E-state index < -0.39 is 16.1 Å². The first-order valence-electron chi connectivity index (χ1n) is 10.2. The van der Waals surface area contributed by atoms with Crippen molar-refractivity contribution in [2.45, 2.75) is 35.7 Å². The van der Waals surface area contributed by atoms with E-state index in [1.54, 1.807) is 17.5 Å². The van der Waals surface area contributed by atoms with Crippen LogP contribution in [0.4, 0.5) is 0 Å². The summed E-state index contributed by atoms with van der Waals surface area (Å²) in [5.41, 5.74) is 2.60. The van der Waals surface area contributed by atoms with Gasteiger partial charge in [0.25, 0.3) is 10.0 Å². The molecule has 0 amide bonds. The lowest BCUT2D eigenvalue weighted by molar-refractivity contribution is -0.0304.